The van der Waals surface area contributed by atoms with Gasteiger partial charge in [0.2, 0.25) is 0 Å². The van der Waals surface area contributed by atoms with Gasteiger partial charge in [-0.25, -0.2) is 0 Å². The number of likely N-dealkylation sites (tertiary alicyclic amines) is 1. The van der Waals surface area contributed by atoms with Crippen LogP contribution >= 0.6 is 0 Å². The van der Waals surface area contributed by atoms with Crippen molar-refractivity contribution in [3.8, 4) is 0 Å². The molecule has 0 radical (unpaired) electrons. The van der Waals surface area contributed by atoms with Gasteiger partial charge in [0.25, 0.3) is 0 Å². The van der Waals surface area contributed by atoms with E-state index >= 15 is 0 Å². The quantitative estimate of drug-likeness (QED) is 0.686. The van der Waals surface area contributed by atoms with Crippen molar-refractivity contribution in [1.82, 2.24) is 4.90 Å². The molecule has 2 unspecified atom stereocenters. The highest BCUT2D eigenvalue weighted by atomic mass is 15.2. The number of hydrogen-bond acceptors (Lipinski definition) is 2. The molecule has 1 aliphatic rings. The van der Waals surface area contributed by atoms with Crippen LogP contribution in [-0.4, -0.2) is 30.1 Å². The average molecular weight is 212 g/mol. The zero-order chi connectivity index (χ0) is 11.1. The van der Waals surface area contributed by atoms with Gasteiger partial charge in [-0.1, -0.05) is 32.6 Å². The second kappa shape index (κ2) is 7.24. The molecular weight excluding hydrogens is 184 g/mol. The van der Waals surface area contributed by atoms with E-state index < -0.39 is 0 Å². The van der Waals surface area contributed by atoms with Crippen LogP contribution in [0.4, 0.5) is 0 Å². The van der Waals surface area contributed by atoms with Gasteiger partial charge in [-0.2, -0.15) is 0 Å². The van der Waals surface area contributed by atoms with E-state index in [0.717, 1.165) is 12.6 Å². The van der Waals surface area contributed by atoms with Gasteiger partial charge < -0.3 is 5.73 Å². The van der Waals surface area contributed by atoms with E-state index in [1.807, 2.05) is 0 Å². The van der Waals surface area contributed by atoms with Crippen molar-refractivity contribution in [3.05, 3.63) is 0 Å². The van der Waals surface area contributed by atoms with Crippen LogP contribution in [0.1, 0.15) is 58.8 Å². The molecule has 0 amide bonds. The standard InChI is InChI=1S/C13H28N2/c1-3-4-5-8-12(2)15-10-7-6-9-13(15)11-14/h12-13H,3-11,14H2,1-2H3. The van der Waals surface area contributed by atoms with Crippen LogP contribution < -0.4 is 5.73 Å². The largest absolute Gasteiger partial charge is 0.329 e. The molecule has 15 heavy (non-hydrogen) atoms. The van der Waals surface area contributed by atoms with Gasteiger partial charge in [0.05, 0.1) is 0 Å². The predicted molar refractivity (Wildman–Crippen MR) is 67.0 cm³/mol. The first-order valence-corrected chi connectivity index (χ1v) is 6.75. The summed E-state index contributed by atoms with van der Waals surface area (Å²) >= 11 is 0. The zero-order valence-electron chi connectivity index (χ0n) is 10.5. The van der Waals surface area contributed by atoms with E-state index in [4.69, 9.17) is 5.73 Å². The molecule has 0 aromatic rings. The monoisotopic (exact) mass is 212 g/mol. The fraction of sp³-hybridized carbons (Fsp3) is 1.00. The van der Waals surface area contributed by atoms with E-state index in [1.54, 1.807) is 0 Å². The summed E-state index contributed by atoms with van der Waals surface area (Å²) in [6.45, 7) is 6.77. The van der Waals surface area contributed by atoms with Gasteiger partial charge in [-0.15, -0.1) is 0 Å². The number of unbranched alkanes of at least 4 members (excludes halogenated alkanes) is 2. The maximum atomic E-state index is 5.84. The van der Waals surface area contributed by atoms with Crippen LogP contribution in [0.5, 0.6) is 0 Å². The van der Waals surface area contributed by atoms with Gasteiger partial charge in [-0.3, -0.25) is 4.90 Å². The smallest absolute Gasteiger partial charge is 0.0221 e. The fourth-order valence-electron chi connectivity index (χ4n) is 2.71. The minimum Gasteiger partial charge on any atom is -0.329 e. The third kappa shape index (κ3) is 4.12. The Labute approximate surface area is 95.2 Å². The lowest BCUT2D eigenvalue weighted by atomic mass is 9.98. The van der Waals surface area contributed by atoms with Gasteiger partial charge in [0, 0.05) is 18.6 Å². The first kappa shape index (κ1) is 13.0. The molecule has 0 aliphatic carbocycles. The normalized spacial score (nSPS) is 25.4. The topological polar surface area (TPSA) is 29.3 Å². The molecule has 1 rings (SSSR count). The summed E-state index contributed by atoms with van der Waals surface area (Å²) in [4.78, 5) is 2.65. The predicted octanol–water partition coefficient (Wildman–Crippen LogP) is 2.77. The third-order valence-corrected chi connectivity index (χ3v) is 3.74. The van der Waals surface area contributed by atoms with Gasteiger partial charge in [0.1, 0.15) is 0 Å². The molecule has 90 valence electrons. The number of hydrogen-bond donors (Lipinski definition) is 1. The molecule has 1 aliphatic heterocycles. The van der Waals surface area contributed by atoms with Crippen LogP contribution in [0, 0.1) is 0 Å². The van der Waals surface area contributed by atoms with Crippen LogP contribution in [-0.2, 0) is 0 Å². The number of piperidine rings is 1. The Morgan fingerprint density at radius 2 is 2.13 bits per heavy atom. The van der Waals surface area contributed by atoms with Crippen molar-refractivity contribution in [2.24, 2.45) is 5.73 Å². The lowest BCUT2D eigenvalue weighted by Gasteiger charge is -2.39. The summed E-state index contributed by atoms with van der Waals surface area (Å²) in [5, 5.41) is 0. The van der Waals surface area contributed by atoms with E-state index in [2.05, 4.69) is 18.7 Å². The first-order chi connectivity index (χ1) is 7.29. The maximum absolute atomic E-state index is 5.84. The Morgan fingerprint density at radius 1 is 1.33 bits per heavy atom. The van der Waals surface area contributed by atoms with E-state index in [0.29, 0.717) is 6.04 Å². The summed E-state index contributed by atoms with van der Waals surface area (Å²) in [6.07, 6.45) is 9.50. The molecule has 1 heterocycles. The minimum absolute atomic E-state index is 0.662. The second-order valence-corrected chi connectivity index (χ2v) is 4.97. The Kier molecular flexibility index (Phi) is 6.26. The van der Waals surface area contributed by atoms with Crippen LogP contribution in [0.2, 0.25) is 0 Å². The summed E-state index contributed by atoms with van der Waals surface area (Å²) in [5.74, 6) is 0. The van der Waals surface area contributed by atoms with Crippen LogP contribution in [0.25, 0.3) is 0 Å². The molecule has 0 saturated carbocycles. The van der Waals surface area contributed by atoms with E-state index in [-0.39, 0.29) is 0 Å². The lowest BCUT2D eigenvalue weighted by Crippen LogP contribution is -2.48. The SMILES string of the molecule is CCCCCC(C)N1CCCCC1CN. The molecule has 0 aromatic heterocycles. The number of nitrogens with two attached hydrogens (primary N) is 1. The average Bonchev–Trinajstić information content (AvgIpc) is 2.29. The van der Waals surface area contributed by atoms with Gasteiger partial charge in [0.15, 0.2) is 0 Å². The zero-order valence-corrected chi connectivity index (χ0v) is 10.5. The number of nitrogens with zero attached hydrogens (tertiary/aromatic N) is 1. The van der Waals surface area contributed by atoms with Crippen molar-refractivity contribution in [2.45, 2.75) is 70.9 Å². The molecule has 0 bridgehead atoms. The number of rotatable bonds is 6. The van der Waals surface area contributed by atoms with Crippen molar-refractivity contribution >= 4 is 0 Å². The highest BCUT2D eigenvalue weighted by molar-refractivity contribution is 4.81. The molecule has 2 atom stereocenters. The summed E-state index contributed by atoms with van der Waals surface area (Å²) in [6, 6.07) is 1.40. The van der Waals surface area contributed by atoms with Crippen molar-refractivity contribution in [2.75, 3.05) is 13.1 Å². The molecule has 2 heteroatoms. The Balaban J connectivity index is 2.31. The van der Waals surface area contributed by atoms with Crippen molar-refractivity contribution in [3.63, 3.8) is 0 Å². The summed E-state index contributed by atoms with van der Waals surface area (Å²) in [5.41, 5.74) is 5.84. The van der Waals surface area contributed by atoms with E-state index in [1.165, 1.54) is 51.5 Å². The molecule has 0 aromatic carbocycles. The van der Waals surface area contributed by atoms with Crippen LogP contribution in [0.3, 0.4) is 0 Å². The minimum atomic E-state index is 0.662. The molecule has 1 fully saturated rings. The molecule has 2 N–H and O–H groups in total. The highest BCUT2D eigenvalue weighted by Gasteiger charge is 2.24. The first-order valence-electron chi connectivity index (χ1n) is 6.75. The summed E-state index contributed by atoms with van der Waals surface area (Å²) in [7, 11) is 0. The molecule has 1 saturated heterocycles. The van der Waals surface area contributed by atoms with Gasteiger partial charge >= 0.3 is 0 Å². The molecule has 2 nitrogen and oxygen atoms in total. The molecule has 0 spiro atoms. The van der Waals surface area contributed by atoms with Crippen LogP contribution in [0.15, 0.2) is 0 Å². The van der Waals surface area contributed by atoms with Crippen molar-refractivity contribution in [1.29, 1.82) is 0 Å². The fourth-order valence-corrected chi connectivity index (χ4v) is 2.71. The lowest BCUT2D eigenvalue weighted by molar-refractivity contribution is 0.101. The summed E-state index contributed by atoms with van der Waals surface area (Å²) < 4.78 is 0. The van der Waals surface area contributed by atoms with E-state index in [9.17, 15) is 0 Å². The van der Waals surface area contributed by atoms with Crippen molar-refractivity contribution < 1.29 is 0 Å². The maximum Gasteiger partial charge on any atom is 0.0221 e. The second-order valence-electron chi connectivity index (χ2n) is 4.97. The Hall–Kier alpha value is -0.0800. The Morgan fingerprint density at radius 3 is 2.80 bits per heavy atom. The third-order valence-electron chi connectivity index (χ3n) is 3.74. The molecular formula is C13H28N2. The highest BCUT2D eigenvalue weighted by Crippen LogP contribution is 2.21. The Bertz CT molecular complexity index is 159. The van der Waals surface area contributed by atoms with Gasteiger partial charge in [-0.05, 0) is 32.7 Å².